The Labute approximate surface area is 204 Å². The molecule has 0 unspecified atom stereocenters. The first kappa shape index (κ1) is 42.8. The van der Waals surface area contributed by atoms with E-state index in [1.165, 1.54) is 44.9 Å². The first-order chi connectivity index (χ1) is 4.91. The summed E-state index contributed by atoms with van der Waals surface area (Å²) in [5.41, 5.74) is 3.82. The summed E-state index contributed by atoms with van der Waals surface area (Å²) >= 11 is 0. The van der Waals surface area contributed by atoms with Gasteiger partial charge >= 0.3 is 23.9 Å². The molecular weight excluding hydrogens is 875 g/mol. The number of rotatable bonds is 7. The molecule has 0 atom stereocenters. The van der Waals surface area contributed by atoms with Crippen LogP contribution in [-0.2, 0) is 0 Å². The third-order valence-electron chi connectivity index (χ3n) is 1.85. The van der Waals surface area contributed by atoms with Gasteiger partial charge in [0, 0.05) is 0 Å². The van der Waals surface area contributed by atoms with Crippen molar-refractivity contribution in [3.05, 3.63) is 0 Å². The van der Waals surface area contributed by atoms with Crippen molar-refractivity contribution in [2.75, 3.05) is 6.54 Å². The Morgan fingerprint density at radius 3 is 1.25 bits per heavy atom. The quantitative estimate of drug-likeness (QED) is 0.150. The van der Waals surface area contributed by atoms with Crippen LogP contribution in [0.2, 0.25) is 0 Å². The van der Waals surface area contributed by atoms with Crippen molar-refractivity contribution < 1.29 is 126 Å². The zero-order valence-corrected chi connectivity index (χ0v) is 23.4. The molecule has 3 N–H and O–H groups in total. The van der Waals surface area contributed by atoms with Crippen LogP contribution in [-0.4, -0.2) is 30.5 Å². The molecule has 0 aromatic heterocycles. The van der Waals surface area contributed by atoms with Gasteiger partial charge in [0.25, 0.3) is 0 Å². The standard InChI is InChI=1S/C9H21N.5HI.Sn/c1-2-3-4-5-6-7-8-9-10;;;;;;/h2-10H2,1H3;5*1H;/q;;;;;;+4/p-4. The molecule has 0 saturated heterocycles. The van der Waals surface area contributed by atoms with Crippen molar-refractivity contribution >= 4 is 23.9 Å². The minimum atomic E-state index is 0. The van der Waals surface area contributed by atoms with E-state index >= 15 is 0 Å². The van der Waals surface area contributed by atoms with E-state index in [0.29, 0.717) is 0 Å². The summed E-state index contributed by atoms with van der Waals surface area (Å²) in [4.78, 5) is 0. The molecular formula is C9H22I5NSn. The Balaban J connectivity index is -0.0000000270. The molecule has 7 heteroatoms. The Hall–Kier alpha value is 4.41. The van der Waals surface area contributed by atoms with E-state index in [9.17, 15) is 0 Å². The van der Waals surface area contributed by atoms with Gasteiger partial charge in [0.2, 0.25) is 0 Å². The van der Waals surface area contributed by atoms with Crippen LogP contribution in [0.4, 0.5) is 0 Å². The van der Waals surface area contributed by atoms with Gasteiger partial charge in [0.15, 0.2) is 0 Å². The molecule has 0 spiro atoms. The normalized spacial score (nSPS) is 6.38. The van der Waals surface area contributed by atoms with Crippen molar-refractivity contribution in [1.82, 2.24) is 0 Å². The first-order valence-electron chi connectivity index (χ1n) is 4.71. The van der Waals surface area contributed by atoms with Crippen molar-refractivity contribution in [2.45, 2.75) is 51.9 Å². The second-order valence-corrected chi connectivity index (χ2v) is 2.97. The fourth-order valence-electron chi connectivity index (χ4n) is 1.13. The molecule has 0 heterocycles. The van der Waals surface area contributed by atoms with Crippen molar-refractivity contribution in [3.63, 3.8) is 0 Å². The van der Waals surface area contributed by atoms with E-state index in [1.54, 1.807) is 0 Å². The molecule has 0 rings (SSSR count). The molecule has 0 aliphatic rings. The van der Waals surface area contributed by atoms with E-state index in [2.05, 4.69) is 12.7 Å². The average Bonchev–Trinajstić information content (AvgIpc) is 1.97. The summed E-state index contributed by atoms with van der Waals surface area (Å²) in [6.07, 6.45) is 9.80. The number of hydrogen-bond acceptors (Lipinski definition) is 0. The third-order valence-corrected chi connectivity index (χ3v) is 1.85. The maximum atomic E-state index is 3.82. The summed E-state index contributed by atoms with van der Waals surface area (Å²) in [5.74, 6) is 0. The van der Waals surface area contributed by atoms with Crippen LogP contribution in [0, 0.1) is 0 Å². The van der Waals surface area contributed by atoms with Gasteiger partial charge in [-0.3, -0.25) is 0 Å². The van der Waals surface area contributed by atoms with Crippen LogP contribution < -0.4 is 126 Å². The number of quaternary nitrogens is 1. The van der Waals surface area contributed by atoms with Gasteiger partial charge in [0.1, 0.15) is 0 Å². The van der Waals surface area contributed by atoms with Crippen molar-refractivity contribution in [3.8, 4) is 0 Å². The molecule has 0 aromatic carbocycles. The zero-order chi connectivity index (χ0) is 7.66. The summed E-state index contributed by atoms with van der Waals surface area (Å²) in [6, 6.07) is 0. The second-order valence-electron chi connectivity index (χ2n) is 2.97. The molecule has 0 aliphatic heterocycles. The van der Waals surface area contributed by atoms with Gasteiger partial charge in [-0.2, -0.15) is 0 Å². The van der Waals surface area contributed by atoms with Gasteiger partial charge in [-0.15, -0.1) is 0 Å². The number of hydrogen-bond donors (Lipinski definition) is 1. The molecule has 16 heavy (non-hydrogen) atoms. The predicted octanol–water partition coefficient (Wildman–Crippen LogP) is -13.4. The molecule has 0 bridgehead atoms. The monoisotopic (exact) mass is 899 g/mol. The molecule has 0 saturated carbocycles. The fraction of sp³-hybridized carbons (Fsp3) is 1.00. The summed E-state index contributed by atoms with van der Waals surface area (Å²) in [5, 5.41) is 0. The third kappa shape index (κ3) is 42.9. The maximum Gasteiger partial charge on any atom is 4.00 e. The molecule has 0 amide bonds. The Bertz CT molecular complexity index is 63.9. The van der Waals surface area contributed by atoms with Crippen molar-refractivity contribution in [2.24, 2.45) is 0 Å². The Kier molecular flexibility index (Phi) is 114. The van der Waals surface area contributed by atoms with Crippen LogP contribution in [0.5, 0.6) is 0 Å². The Morgan fingerprint density at radius 2 is 0.938 bits per heavy atom. The second kappa shape index (κ2) is 42.7. The van der Waals surface area contributed by atoms with E-state index in [1.807, 2.05) is 0 Å². The number of halogens is 5. The molecule has 0 aromatic rings. The maximum absolute atomic E-state index is 3.82. The van der Waals surface area contributed by atoms with Gasteiger partial charge in [-0.05, 0) is 12.8 Å². The SMILES string of the molecule is CCCCCCCCC[NH3+].[I-].[I-].[I-].[I-].[I-].[Sn+4]. The molecule has 1 nitrogen and oxygen atoms in total. The van der Waals surface area contributed by atoms with Gasteiger partial charge in [0.05, 0.1) is 6.54 Å². The van der Waals surface area contributed by atoms with E-state index in [0.717, 1.165) is 6.54 Å². The summed E-state index contributed by atoms with van der Waals surface area (Å²) in [7, 11) is 0. The van der Waals surface area contributed by atoms with E-state index in [4.69, 9.17) is 0 Å². The van der Waals surface area contributed by atoms with Crippen LogP contribution in [0.1, 0.15) is 51.9 Å². The van der Waals surface area contributed by atoms with Crippen LogP contribution in [0.3, 0.4) is 0 Å². The van der Waals surface area contributed by atoms with Crippen LogP contribution >= 0.6 is 0 Å². The van der Waals surface area contributed by atoms with Crippen LogP contribution in [0.25, 0.3) is 0 Å². The van der Waals surface area contributed by atoms with E-state index < -0.39 is 0 Å². The van der Waals surface area contributed by atoms with Gasteiger partial charge in [-0.1, -0.05) is 39.0 Å². The summed E-state index contributed by atoms with van der Waals surface area (Å²) < 4.78 is 0. The largest absolute Gasteiger partial charge is 4.00 e. The molecule has 0 aliphatic carbocycles. The van der Waals surface area contributed by atoms with Gasteiger partial charge < -0.3 is 126 Å². The summed E-state index contributed by atoms with van der Waals surface area (Å²) in [6.45, 7) is 3.38. The predicted molar refractivity (Wildman–Crippen MR) is 51.5 cm³/mol. The van der Waals surface area contributed by atoms with Crippen molar-refractivity contribution in [1.29, 1.82) is 0 Å². The Morgan fingerprint density at radius 1 is 0.625 bits per heavy atom. The smallest absolute Gasteiger partial charge is 1.00 e. The number of unbranched alkanes of at least 4 members (excludes halogenated alkanes) is 6. The molecule has 0 fully saturated rings. The van der Waals surface area contributed by atoms with E-state index in [-0.39, 0.29) is 144 Å². The zero-order valence-electron chi connectivity index (χ0n) is 9.75. The average molecular weight is 898 g/mol. The minimum absolute atomic E-state index is 0. The molecule has 102 valence electrons. The van der Waals surface area contributed by atoms with Gasteiger partial charge in [-0.25, -0.2) is 0 Å². The first-order valence-corrected chi connectivity index (χ1v) is 4.71. The topological polar surface area (TPSA) is 27.6 Å². The van der Waals surface area contributed by atoms with Crippen LogP contribution in [0.15, 0.2) is 0 Å². The molecule has 0 radical (unpaired) electrons. The fourth-order valence-corrected chi connectivity index (χ4v) is 1.13. The minimum Gasteiger partial charge on any atom is -1.00 e.